The van der Waals surface area contributed by atoms with Gasteiger partial charge >= 0.3 is 5.97 Å². The maximum atomic E-state index is 11.9. The number of carbonyl (C=O) groups is 1. The summed E-state index contributed by atoms with van der Waals surface area (Å²) >= 11 is 0. The summed E-state index contributed by atoms with van der Waals surface area (Å²) in [5.74, 6) is 2.22. The number of nitrogens with one attached hydrogen (secondary N) is 1. The molecule has 29 heavy (non-hydrogen) atoms. The molecule has 6 nitrogen and oxygen atoms in total. The van der Waals surface area contributed by atoms with Crippen LogP contribution < -0.4 is 14.8 Å². The summed E-state index contributed by atoms with van der Waals surface area (Å²) < 4.78 is 16.6. The summed E-state index contributed by atoms with van der Waals surface area (Å²) in [7, 11) is 1.37. The molecular weight excluding hydrogens is 368 g/mol. The Hall–Kier alpha value is -3.54. The zero-order chi connectivity index (χ0) is 20.1. The van der Waals surface area contributed by atoms with Crippen LogP contribution in [0.4, 0.5) is 5.69 Å². The number of fused-ring (bicyclic) bond motifs is 1. The van der Waals surface area contributed by atoms with Crippen LogP contribution in [-0.4, -0.2) is 31.2 Å². The molecule has 2 aromatic carbocycles. The molecule has 0 spiro atoms. The predicted molar refractivity (Wildman–Crippen MR) is 110 cm³/mol. The molecule has 1 aromatic heterocycles. The van der Waals surface area contributed by atoms with Crippen LogP contribution in [0.5, 0.6) is 17.2 Å². The Morgan fingerprint density at radius 2 is 2.03 bits per heavy atom. The lowest BCUT2D eigenvalue weighted by atomic mass is 9.93. The van der Waals surface area contributed by atoms with Gasteiger partial charge in [-0.1, -0.05) is 24.3 Å². The lowest BCUT2D eigenvalue weighted by Crippen LogP contribution is -2.21. The molecule has 6 heteroatoms. The van der Waals surface area contributed by atoms with Gasteiger partial charge in [-0.3, -0.25) is 4.98 Å². The lowest BCUT2D eigenvalue weighted by molar-refractivity contribution is 0.0601. The van der Waals surface area contributed by atoms with Crippen LogP contribution in [-0.2, 0) is 4.74 Å². The molecule has 0 saturated heterocycles. The molecule has 4 rings (SSSR count). The largest absolute Gasteiger partial charge is 0.493 e. The van der Waals surface area contributed by atoms with E-state index in [0.29, 0.717) is 24.4 Å². The number of benzene rings is 2. The number of nitrogens with zero attached hydrogens (tertiary/aromatic N) is 1. The van der Waals surface area contributed by atoms with Gasteiger partial charge in [-0.25, -0.2) is 4.79 Å². The van der Waals surface area contributed by atoms with Crippen molar-refractivity contribution in [2.45, 2.75) is 12.3 Å². The molecule has 0 saturated carbocycles. The van der Waals surface area contributed by atoms with Crippen LogP contribution in [0, 0.1) is 0 Å². The molecule has 0 bridgehead atoms. The Labute approximate surface area is 169 Å². The number of para-hydroxylation sites is 1. The highest BCUT2D eigenvalue weighted by Gasteiger charge is 2.23. The molecule has 0 fully saturated rings. The van der Waals surface area contributed by atoms with Gasteiger partial charge in [0.15, 0.2) is 0 Å². The minimum atomic E-state index is -0.384. The molecule has 2 heterocycles. The molecule has 1 N–H and O–H groups in total. The Balaban J connectivity index is 1.48. The van der Waals surface area contributed by atoms with Crippen molar-refractivity contribution in [3.05, 3.63) is 78.1 Å². The summed E-state index contributed by atoms with van der Waals surface area (Å²) in [6.45, 7) is 1.29. The number of hydrogen-bond donors (Lipinski definition) is 1. The van der Waals surface area contributed by atoms with Crippen LogP contribution in [0.1, 0.15) is 28.3 Å². The van der Waals surface area contributed by atoms with E-state index in [1.807, 2.05) is 48.5 Å². The summed E-state index contributed by atoms with van der Waals surface area (Å²) in [4.78, 5) is 16.1. The molecule has 0 aliphatic carbocycles. The average molecular weight is 390 g/mol. The minimum absolute atomic E-state index is 0.246. The van der Waals surface area contributed by atoms with Crippen molar-refractivity contribution in [2.24, 2.45) is 0 Å². The summed E-state index contributed by atoms with van der Waals surface area (Å²) in [5.41, 5.74) is 2.26. The van der Waals surface area contributed by atoms with Gasteiger partial charge in [0.1, 0.15) is 17.2 Å². The third-order valence-electron chi connectivity index (χ3n) is 4.89. The van der Waals surface area contributed by atoms with Crippen molar-refractivity contribution in [2.75, 3.05) is 25.6 Å². The Morgan fingerprint density at radius 1 is 1.17 bits per heavy atom. The minimum Gasteiger partial charge on any atom is -0.493 e. The fraction of sp³-hybridized carbons (Fsp3) is 0.217. The summed E-state index contributed by atoms with van der Waals surface area (Å²) in [6.07, 6.45) is 4.10. The Morgan fingerprint density at radius 3 is 2.86 bits per heavy atom. The van der Waals surface area contributed by atoms with E-state index in [9.17, 15) is 4.79 Å². The molecule has 0 radical (unpaired) electrons. The number of aromatic nitrogens is 1. The summed E-state index contributed by atoms with van der Waals surface area (Å²) in [6, 6.07) is 17.2. The highest BCUT2D eigenvalue weighted by Crippen LogP contribution is 2.37. The number of hydrogen-bond acceptors (Lipinski definition) is 6. The van der Waals surface area contributed by atoms with Gasteiger partial charge in [-0.2, -0.15) is 0 Å². The van der Waals surface area contributed by atoms with Gasteiger partial charge in [0.2, 0.25) is 0 Å². The number of carbonyl (C=O) groups excluding carboxylic acids is 1. The molecule has 3 aromatic rings. The van der Waals surface area contributed by atoms with Crippen LogP contribution in [0.25, 0.3) is 0 Å². The third-order valence-corrected chi connectivity index (χ3v) is 4.89. The standard InChI is InChI=1S/C23H22N2O4/c1-27-23(26)20-9-11-24-15-21(20)25-14-16-10-12-28-22-13-18(7-8-19(16)22)29-17-5-3-2-4-6-17/h2-9,11,13,15-16,25H,10,12,14H2,1H3/t16-/m0/s1. The number of methoxy groups -OCH3 is 1. The highest BCUT2D eigenvalue weighted by atomic mass is 16.5. The molecule has 1 aliphatic heterocycles. The van der Waals surface area contributed by atoms with E-state index in [-0.39, 0.29) is 11.9 Å². The first-order valence-corrected chi connectivity index (χ1v) is 9.50. The van der Waals surface area contributed by atoms with Crippen molar-refractivity contribution in [1.82, 2.24) is 4.98 Å². The van der Waals surface area contributed by atoms with Gasteiger partial charge in [0, 0.05) is 24.7 Å². The second-order valence-electron chi connectivity index (χ2n) is 6.74. The van der Waals surface area contributed by atoms with E-state index in [1.54, 1.807) is 18.5 Å². The normalized spacial score (nSPS) is 15.0. The van der Waals surface area contributed by atoms with Crippen molar-refractivity contribution >= 4 is 11.7 Å². The van der Waals surface area contributed by atoms with Gasteiger partial charge < -0.3 is 19.5 Å². The van der Waals surface area contributed by atoms with E-state index < -0.39 is 0 Å². The molecule has 0 amide bonds. The smallest absolute Gasteiger partial charge is 0.340 e. The second-order valence-corrected chi connectivity index (χ2v) is 6.74. The molecule has 1 atom stereocenters. The van der Waals surface area contributed by atoms with Crippen LogP contribution >= 0.6 is 0 Å². The van der Waals surface area contributed by atoms with Crippen LogP contribution in [0.2, 0.25) is 0 Å². The Bertz CT molecular complexity index is 991. The van der Waals surface area contributed by atoms with Gasteiger partial charge in [0.05, 0.1) is 31.2 Å². The quantitative estimate of drug-likeness (QED) is 0.619. The fourth-order valence-corrected chi connectivity index (χ4v) is 3.40. The highest BCUT2D eigenvalue weighted by molar-refractivity contribution is 5.95. The lowest BCUT2D eigenvalue weighted by Gasteiger charge is -2.27. The first-order chi connectivity index (χ1) is 14.2. The van der Waals surface area contributed by atoms with Gasteiger partial charge in [-0.05, 0) is 36.2 Å². The number of pyridine rings is 1. The van der Waals surface area contributed by atoms with Crippen LogP contribution in [0.15, 0.2) is 67.0 Å². The topological polar surface area (TPSA) is 69.7 Å². The molecule has 148 valence electrons. The van der Waals surface area contributed by atoms with Gasteiger partial charge in [0.25, 0.3) is 0 Å². The van der Waals surface area contributed by atoms with E-state index >= 15 is 0 Å². The second kappa shape index (κ2) is 8.65. The fourth-order valence-electron chi connectivity index (χ4n) is 3.40. The van der Waals surface area contributed by atoms with Crippen molar-refractivity contribution in [3.8, 4) is 17.2 Å². The zero-order valence-corrected chi connectivity index (χ0v) is 16.1. The average Bonchev–Trinajstić information content (AvgIpc) is 2.78. The maximum absolute atomic E-state index is 11.9. The van der Waals surface area contributed by atoms with E-state index in [1.165, 1.54) is 7.11 Å². The van der Waals surface area contributed by atoms with Crippen molar-refractivity contribution < 1.29 is 19.0 Å². The number of anilines is 1. The van der Waals surface area contributed by atoms with E-state index in [0.717, 1.165) is 29.2 Å². The van der Waals surface area contributed by atoms with Crippen LogP contribution in [0.3, 0.4) is 0 Å². The maximum Gasteiger partial charge on any atom is 0.340 e. The van der Waals surface area contributed by atoms with Gasteiger partial charge in [-0.15, -0.1) is 0 Å². The molecular formula is C23H22N2O4. The number of ether oxygens (including phenoxy) is 3. The SMILES string of the molecule is COC(=O)c1ccncc1NC[C@@H]1CCOc2cc(Oc3ccccc3)ccc21. The van der Waals surface area contributed by atoms with Crippen molar-refractivity contribution in [3.63, 3.8) is 0 Å². The van der Waals surface area contributed by atoms with E-state index in [2.05, 4.69) is 10.3 Å². The Kier molecular flexibility index (Phi) is 5.61. The number of esters is 1. The third kappa shape index (κ3) is 4.32. The van der Waals surface area contributed by atoms with Crippen molar-refractivity contribution in [1.29, 1.82) is 0 Å². The first-order valence-electron chi connectivity index (χ1n) is 9.50. The zero-order valence-electron chi connectivity index (χ0n) is 16.1. The molecule has 1 aliphatic rings. The molecule has 0 unspecified atom stereocenters. The predicted octanol–water partition coefficient (Wildman–Crippen LogP) is 4.64. The first kappa shape index (κ1) is 18.8. The van der Waals surface area contributed by atoms with E-state index in [4.69, 9.17) is 14.2 Å². The number of rotatable bonds is 6. The monoisotopic (exact) mass is 390 g/mol. The summed E-state index contributed by atoms with van der Waals surface area (Å²) in [5, 5.41) is 3.34.